The maximum Gasteiger partial charge on any atom is 0.341 e. The minimum Gasteiger partial charge on any atom is -0.462 e. The average molecular weight is 283 g/mol. The van der Waals surface area contributed by atoms with Crippen LogP contribution in [0, 0.1) is 0 Å². The maximum atomic E-state index is 11.8. The van der Waals surface area contributed by atoms with Gasteiger partial charge in [-0.15, -0.1) is 0 Å². The molecule has 7 nitrogen and oxygen atoms in total. The van der Waals surface area contributed by atoms with E-state index in [1.807, 2.05) is 0 Å². The van der Waals surface area contributed by atoms with Gasteiger partial charge in [-0.25, -0.2) is 9.78 Å². The fourth-order valence-corrected chi connectivity index (χ4v) is 1.59. The lowest BCUT2D eigenvalue weighted by Crippen LogP contribution is -2.27. The Kier molecular flexibility index (Phi) is 6.75. The van der Waals surface area contributed by atoms with Gasteiger partial charge in [-0.2, -0.15) is 0 Å². The Balaban J connectivity index is 2.80. The number of anilines is 2. The number of nitrogens with one attached hydrogen (secondary N) is 1. The van der Waals surface area contributed by atoms with E-state index in [4.69, 9.17) is 19.9 Å². The van der Waals surface area contributed by atoms with Crippen LogP contribution in [-0.2, 0) is 14.2 Å². The van der Waals surface area contributed by atoms with E-state index in [-0.39, 0.29) is 12.7 Å². The van der Waals surface area contributed by atoms with Gasteiger partial charge in [0.25, 0.3) is 0 Å². The largest absolute Gasteiger partial charge is 0.462 e. The first-order chi connectivity index (χ1) is 9.62. The van der Waals surface area contributed by atoms with Crippen molar-refractivity contribution in [1.29, 1.82) is 0 Å². The molecule has 1 unspecified atom stereocenters. The molecule has 7 heteroatoms. The van der Waals surface area contributed by atoms with Crippen LogP contribution in [0.5, 0.6) is 0 Å². The van der Waals surface area contributed by atoms with E-state index in [1.165, 1.54) is 12.3 Å². The molecule has 0 aliphatic rings. The van der Waals surface area contributed by atoms with Gasteiger partial charge in [-0.05, 0) is 13.0 Å². The predicted octanol–water partition coefficient (Wildman–Crippen LogP) is 0.914. The van der Waals surface area contributed by atoms with E-state index >= 15 is 0 Å². The first-order valence-electron chi connectivity index (χ1n) is 6.30. The molecule has 0 saturated carbocycles. The van der Waals surface area contributed by atoms with Crippen molar-refractivity contribution in [1.82, 2.24) is 4.98 Å². The van der Waals surface area contributed by atoms with Crippen molar-refractivity contribution in [3.63, 3.8) is 0 Å². The number of methoxy groups -OCH3 is 2. The van der Waals surface area contributed by atoms with Crippen LogP contribution in [0.25, 0.3) is 0 Å². The average Bonchev–Trinajstić information content (AvgIpc) is 2.44. The summed E-state index contributed by atoms with van der Waals surface area (Å²) in [5.41, 5.74) is 6.35. The summed E-state index contributed by atoms with van der Waals surface area (Å²) in [5.74, 6) is -0.0497. The number of carbonyl (C=O) groups excluding carboxylic acids is 1. The van der Waals surface area contributed by atoms with Gasteiger partial charge in [0.15, 0.2) is 0 Å². The van der Waals surface area contributed by atoms with Gasteiger partial charge in [0, 0.05) is 20.8 Å². The highest BCUT2D eigenvalue weighted by molar-refractivity contribution is 5.95. The number of hydrogen-bond donors (Lipinski definition) is 2. The Morgan fingerprint density at radius 2 is 2.25 bits per heavy atom. The monoisotopic (exact) mass is 283 g/mol. The lowest BCUT2D eigenvalue weighted by atomic mass is 10.2. The molecule has 112 valence electrons. The van der Waals surface area contributed by atoms with Gasteiger partial charge in [0.05, 0.1) is 31.2 Å². The molecule has 1 aromatic heterocycles. The van der Waals surface area contributed by atoms with Crippen molar-refractivity contribution in [2.75, 3.05) is 45.0 Å². The Morgan fingerprint density at radius 3 is 2.85 bits per heavy atom. The first kappa shape index (κ1) is 16.2. The third-order valence-corrected chi connectivity index (χ3v) is 2.59. The van der Waals surface area contributed by atoms with Gasteiger partial charge in [0.2, 0.25) is 0 Å². The summed E-state index contributed by atoms with van der Waals surface area (Å²) in [6.45, 7) is 2.92. The van der Waals surface area contributed by atoms with Crippen LogP contribution in [0.3, 0.4) is 0 Å². The fraction of sp³-hybridized carbons (Fsp3) is 0.538. The molecule has 0 amide bonds. The molecule has 0 saturated heterocycles. The smallest absolute Gasteiger partial charge is 0.341 e. The van der Waals surface area contributed by atoms with Gasteiger partial charge >= 0.3 is 5.97 Å². The molecule has 0 bridgehead atoms. The number of carbonyl (C=O) groups is 1. The summed E-state index contributed by atoms with van der Waals surface area (Å²) in [6, 6.07) is 1.53. The zero-order valence-electron chi connectivity index (χ0n) is 12.0. The number of hydrogen-bond acceptors (Lipinski definition) is 7. The normalized spacial score (nSPS) is 11.9. The van der Waals surface area contributed by atoms with Crippen molar-refractivity contribution in [2.24, 2.45) is 0 Å². The Labute approximate surface area is 118 Å². The summed E-state index contributed by atoms with van der Waals surface area (Å²) in [5, 5.41) is 3.04. The van der Waals surface area contributed by atoms with Crippen LogP contribution in [0.15, 0.2) is 12.3 Å². The van der Waals surface area contributed by atoms with Crippen LogP contribution < -0.4 is 11.1 Å². The minimum absolute atomic E-state index is 0.144. The number of nitrogen functional groups attached to an aromatic ring is 1. The number of nitrogens with zero attached hydrogens (tertiary/aromatic N) is 1. The van der Waals surface area contributed by atoms with E-state index < -0.39 is 5.97 Å². The summed E-state index contributed by atoms with van der Waals surface area (Å²) in [7, 11) is 3.19. The highest BCUT2D eigenvalue weighted by Gasteiger charge is 2.16. The van der Waals surface area contributed by atoms with Gasteiger partial charge in [0.1, 0.15) is 11.4 Å². The van der Waals surface area contributed by atoms with Crippen molar-refractivity contribution < 1.29 is 19.0 Å². The van der Waals surface area contributed by atoms with E-state index in [2.05, 4.69) is 10.3 Å². The van der Waals surface area contributed by atoms with Crippen LogP contribution in [0.4, 0.5) is 11.5 Å². The second-order valence-corrected chi connectivity index (χ2v) is 4.08. The van der Waals surface area contributed by atoms with Crippen LogP contribution in [0.2, 0.25) is 0 Å². The molecule has 0 radical (unpaired) electrons. The van der Waals surface area contributed by atoms with Crippen molar-refractivity contribution in [2.45, 2.75) is 13.0 Å². The van der Waals surface area contributed by atoms with Crippen molar-refractivity contribution in [3.8, 4) is 0 Å². The molecule has 20 heavy (non-hydrogen) atoms. The molecular formula is C13H21N3O4. The van der Waals surface area contributed by atoms with Gasteiger partial charge < -0.3 is 25.3 Å². The third kappa shape index (κ3) is 4.67. The molecular weight excluding hydrogens is 262 g/mol. The minimum atomic E-state index is -0.462. The fourth-order valence-electron chi connectivity index (χ4n) is 1.59. The van der Waals surface area contributed by atoms with Crippen molar-refractivity contribution >= 4 is 17.5 Å². The molecule has 0 aromatic carbocycles. The molecule has 1 rings (SSSR count). The molecule has 0 aliphatic heterocycles. The van der Waals surface area contributed by atoms with E-state index in [9.17, 15) is 4.79 Å². The van der Waals surface area contributed by atoms with E-state index in [1.54, 1.807) is 21.1 Å². The maximum absolute atomic E-state index is 11.8. The number of ether oxygens (including phenoxy) is 3. The van der Waals surface area contributed by atoms with Crippen molar-refractivity contribution in [3.05, 3.63) is 17.8 Å². The summed E-state index contributed by atoms with van der Waals surface area (Å²) < 4.78 is 15.2. The highest BCUT2D eigenvalue weighted by atomic mass is 16.5. The van der Waals surface area contributed by atoms with E-state index in [0.29, 0.717) is 30.2 Å². The zero-order valence-corrected chi connectivity index (χ0v) is 12.0. The standard InChI is InChI=1S/C13H21N3O4/c1-4-20-13(17)11-5-9(14)6-15-12(11)16-7-10(19-3)8-18-2/h5-6,10H,4,7-8,14H2,1-3H3,(H,15,16). The molecule has 1 heterocycles. The zero-order chi connectivity index (χ0) is 15.0. The Morgan fingerprint density at radius 1 is 1.50 bits per heavy atom. The highest BCUT2D eigenvalue weighted by Crippen LogP contribution is 2.17. The number of rotatable bonds is 8. The lowest BCUT2D eigenvalue weighted by molar-refractivity contribution is 0.0364. The molecule has 0 aliphatic carbocycles. The summed E-state index contributed by atoms with van der Waals surface area (Å²) in [6.07, 6.45) is 1.33. The molecule has 1 atom stereocenters. The molecule has 1 aromatic rings. The Hall–Kier alpha value is -1.86. The van der Waals surface area contributed by atoms with Gasteiger partial charge in [-0.1, -0.05) is 0 Å². The number of esters is 1. The van der Waals surface area contributed by atoms with Crippen LogP contribution in [-0.4, -0.2) is 51.0 Å². The quantitative estimate of drug-likeness (QED) is 0.685. The number of pyridine rings is 1. The topological polar surface area (TPSA) is 95.7 Å². The number of nitrogens with two attached hydrogens (primary N) is 1. The molecule has 0 fully saturated rings. The summed E-state index contributed by atoms with van der Waals surface area (Å²) >= 11 is 0. The summed E-state index contributed by atoms with van der Waals surface area (Å²) in [4.78, 5) is 16.0. The number of aromatic nitrogens is 1. The lowest BCUT2D eigenvalue weighted by Gasteiger charge is -2.16. The predicted molar refractivity (Wildman–Crippen MR) is 75.8 cm³/mol. The Bertz CT molecular complexity index is 440. The molecule has 0 spiro atoms. The molecule has 3 N–H and O–H groups in total. The van der Waals surface area contributed by atoms with Crippen LogP contribution >= 0.6 is 0 Å². The van der Waals surface area contributed by atoms with E-state index in [0.717, 1.165) is 0 Å². The second kappa shape index (κ2) is 8.34. The first-order valence-corrected chi connectivity index (χ1v) is 6.30. The SMILES string of the molecule is CCOC(=O)c1cc(N)cnc1NCC(COC)OC. The van der Waals surface area contributed by atoms with Crippen LogP contribution in [0.1, 0.15) is 17.3 Å². The third-order valence-electron chi connectivity index (χ3n) is 2.59. The van der Waals surface area contributed by atoms with Gasteiger partial charge in [-0.3, -0.25) is 0 Å². The second-order valence-electron chi connectivity index (χ2n) is 4.08.